The van der Waals surface area contributed by atoms with Crippen LogP contribution in [0.2, 0.25) is 0 Å². The SMILES string of the molecule is C=C(C)C(=O)OCCCCCCOC(=O)Oc1ccc(C(=O)OC2CC(C)CCC2C(C)C)cc1. The Labute approximate surface area is 209 Å². The van der Waals surface area contributed by atoms with Crippen LogP contribution < -0.4 is 4.74 Å². The van der Waals surface area contributed by atoms with E-state index in [1.807, 2.05) is 0 Å². The minimum absolute atomic E-state index is 0.0662. The van der Waals surface area contributed by atoms with E-state index < -0.39 is 6.16 Å². The molecule has 1 aromatic rings. The van der Waals surface area contributed by atoms with Crippen LogP contribution in [-0.4, -0.2) is 37.4 Å². The van der Waals surface area contributed by atoms with E-state index in [4.69, 9.17) is 18.9 Å². The second kappa shape index (κ2) is 14.5. The molecule has 0 radical (unpaired) electrons. The predicted molar refractivity (Wildman–Crippen MR) is 133 cm³/mol. The molecule has 7 heteroatoms. The van der Waals surface area contributed by atoms with Crippen LogP contribution in [0.25, 0.3) is 0 Å². The highest BCUT2D eigenvalue weighted by atomic mass is 16.7. The van der Waals surface area contributed by atoms with Gasteiger partial charge in [0.05, 0.1) is 18.8 Å². The average Bonchev–Trinajstić information content (AvgIpc) is 2.80. The van der Waals surface area contributed by atoms with E-state index in [1.54, 1.807) is 31.2 Å². The summed E-state index contributed by atoms with van der Waals surface area (Å²) in [4.78, 5) is 35.8. The lowest BCUT2D eigenvalue weighted by Crippen LogP contribution is -2.35. The molecular formula is C28H40O7. The Hall–Kier alpha value is -2.83. The van der Waals surface area contributed by atoms with Gasteiger partial charge in [-0.25, -0.2) is 14.4 Å². The Morgan fingerprint density at radius 2 is 1.60 bits per heavy atom. The summed E-state index contributed by atoms with van der Waals surface area (Å²) in [7, 11) is 0. The summed E-state index contributed by atoms with van der Waals surface area (Å²) in [5, 5.41) is 0. The van der Waals surface area contributed by atoms with Crippen LogP contribution in [0.4, 0.5) is 4.79 Å². The minimum atomic E-state index is -0.785. The van der Waals surface area contributed by atoms with Crippen molar-refractivity contribution in [3.63, 3.8) is 0 Å². The maximum Gasteiger partial charge on any atom is 0.513 e. The number of ether oxygens (including phenoxy) is 4. The zero-order chi connectivity index (χ0) is 25.8. The van der Waals surface area contributed by atoms with Gasteiger partial charge in [0.25, 0.3) is 0 Å². The van der Waals surface area contributed by atoms with Gasteiger partial charge in [-0.1, -0.05) is 33.8 Å². The number of unbranched alkanes of at least 4 members (excludes halogenated alkanes) is 3. The zero-order valence-corrected chi connectivity index (χ0v) is 21.5. The summed E-state index contributed by atoms with van der Waals surface area (Å²) in [6.07, 6.45) is 5.42. The van der Waals surface area contributed by atoms with Gasteiger partial charge >= 0.3 is 18.1 Å². The van der Waals surface area contributed by atoms with E-state index in [0.717, 1.165) is 32.1 Å². The van der Waals surface area contributed by atoms with Gasteiger partial charge in [-0.3, -0.25) is 0 Å². The Bertz CT molecular complexity index is 843. The normalized spacial score (nSPS) is 19.6. The fourth-order valence-electron chi connectivity index (χ4n) is 4.24. The number of benzene rings is 1. The van der Waals surface area contributed by atoms with E-state index in [-0.39, 0.29) is 24.6 Å². The summed E-state index contributed by atoms with van der Waals surface area (Å²) >= 11 is 0. The molecule has 35 heavy (non-hydrogen) atoms. The topological polar surface area (TPSA) is 88.1 Å². The lowest BCUT2D eigenvalue weighted by Gasteiger charge is -2.36. The van der Waals surface area contributed by atoms with Crippen LogP contribution in [0.1, 0.15) is 83.0 Å². The van der Waals surface area contributed by atoms with Crippen molar-refractivity contribution in [3.8, 4) is 5.75 Å². The van der Waals surface area contributed by atoms with Crippen LogP contribution in [0.3, 0.4) is 0 Å². The predicted octanol–water partition coefficient (Wildman–Crippen LogP) is 6.50. The maximum absolute atomic E-state index is 12.7. The van der Waals surface area contributed by atoms with Crippen LogP contribution in [0.5, 0.6) is 5.75 Å². The molecule has 1 aromatic carbocycles. The molecule has 0 bridgehead atoms. The number of carbonyl (C=O) groups excluding carboxylic acids is 3. The lowest BCUT2D eigenvalue weighted by atomic mass is 9.75. The van der Waals surface area contributed by atoms with Gasteiger partial charge in [0.2, 0.25) is 0 Å². The highest BCUT2D eigenvalue weighted by Crippen LogP contribution is 2.35. The Morgan fingerprint density at radius 1 is 0.971 bits per heavy atom. The Kier molecular flexibility index (Phi) is 11.8. The van der Waals surface area contributed by atoms with E-state index in [2.05, 4.69) is 27.4 Å². The van der Waals surface area contributed by atoms with Crippen LogP contribution >= 0.6 is 0 Å². The summed E-state index contributed by atoms with van der Waals surface area (Å²) in [5.41, 5.74) is 0.820. The van der Waals surface area contributed by atoms with Crippen molar-refractivity contribution in [1.29, 1.82) is 0 Å². The van der Waals surface area contributed by atoms with Crippen molar-refractivity contribution in [2.45, 2.75) is 78.7 Å². The van der Waals surface area contributed by atoms with Gasteiger partial charge in [-0.2, -0.15) is 0 Å². The minimum Gasteiger partial charge on any atom is -0.462 e. The van der Waals surface area contributed by atoms with Crippen molar-refractivity contribution in [2.75, 3.05) is 13.2 Å². The van der Waals surface area contributed by atoms with Gasteiger partial charge < -0.3 is 18.9 Å². The quantitative estimate of drug-likeness (QED) is 0.109. The molecule has 1 saturated carbocycles. The molecule has 2 rings (SSSR count). The summed E-state index contributed by atoms with van der Waals surface area (Å²) in [6.45, 7) is 12.3. The van der Waals surface area contributed by atoms with Crippen molar-refractivity contribution >= 4 is 18.1 Å². The third kappa shape index (κ3) is 10.1. The first-order valence-corrected chi connectivity index (χ1v) is 12.7. The van der Waals surface area contributed by atoms with E-state index in [0.29, 0.717) is 47.7 Å². The standard InChI is InChI=1S/C28H40O7/c1-19(2)24-15-10-21(5)18-25(24)35-27(30)22-11-13-23(14-12-22)34-28(31)33-17-9-7-6-8-16-32-26(29)20(3)4/h11-14,19,21,24-25H,3,6-10,15-18H2,1-2,4-5H3. The number of rotatable bonds is 12. The number of esters is 2. The molecule has 0 heterocycles. The molecule has 0 N–H and O–H groups in total. The fourth-order valence-corrected chi connectivity index (χ4v) is 4.24. The van der Waals surface area contributed by atoms with Gasteiger partial charge in [0.1, 0.15) is 11.9 Å². The Balaban J connectivity index is 1.67. The highest BCUT2D eigenvalue weighted by molar-refractivity contribution is 5.89. The molecule has 3 unspecified atom stereocenters. The van der Waals surface area contributed by atoms with Crippen molar-refractivity contribution in [1.82, 2.24) is 0 Å². The molecule has 0 aromatic heterocycles. The number of carbonyl (C=O) groups is 3. The summed E-state index contributed by atoms with van der Waals surface area (Å²) < 4.78 is 21.2. The second-order valence-corrected chi connectivity index (χ2v) is 9.83. The Morgan fingerprint density at radius 3 is 2.20 bits per heavy atom. The van der Waals surface area contributed by atoms with Crippen molar-refractivity contribution in [2.24, 2.45) is 17.8 Å². The summed E-state index contributed by atoms with van der Waals surface area (Å²) in [6, 6.07) is 6.32. The molecule has 7 nitrogen and oxygen atoms in total. The van der Waals surface area contributed by atoms with Crippen molar-refractivity contribution in [3.05, 3.63) is 42.0 Å². The van der Waals surface area contributed by atoms with E-state index in [1.165, 1.54) is 6.42 Å². The fraction of sp³-hybridized carbons (Fsp3) is 0.607. The maximum atomic E-state index is 12.7. The van der Waals surface area contributed by atoms with Crippen molar-refractivity contribution < 1.29 is 33.3 Å². The molecule has 3 atom stereocenters. The molecule has 0 spiro atoms. The molecule has 0 saturated heterocycles. The largest absolute Gasteiger partial charge is 0.513 e. The first-order valence-electron chi connectivity index (χ1n) is 12.7. The molecule has 1 aliphatic rings. The smallest absolute Gasteiger partial charge is 0.462 e. The molecule has 1 fully saturated rings. The number of hydrogen-bond donors (Lipinski definition) is 0. The second-order valence-electron chi connectivity index (χ2n) is 9.83. The van der Waals surface area contributed by atoms with Gasteiger partial charge in [-0.15, -0.1) is 0 Å². The van der Waals surface area contributed by atoms with Crippen LogP contribution in [0.15, 0.2) is 36.4 Å². The zero-order valence-electron chi connectivity index (χ0n) is 21.5. The first-order chi connectivity index (χ1) is 16.7. The molecule has 1 aliphatic carbocycles. The summed E-state index contributed by atoms with van der Waals surface area (Å²) in [5.74, 6) is 0.978. The van der Waals surface area contributed by atoms with Gasteiger partial charge in [0.15, 0.2) is 0 Å². The van der Waals surface area contributed by atoms with Gasteiger partial charge in [-0.05, 0) is 87.5 Å². The molecule has 194 valence electrons. The number of hydrogen-bond acceptors (Lipinski definition) is 7. The third-order valence-corrected chi connectivity index (χ3v) is 6.35. The van der Waals surface area contributed by atoms with E-state index >= 15 is 0 Å². The average molecular weight is 489 g/mol. The monoisotopic (exact) mass is 488 g/mol. The molecule has 0 amide bonds. The highest BCUT2D eigenvalue weighted by Gasteiger charge is 2.33. The molecular weight excluding hydrogens is 448 g/mol. The third-order valence-electron chi connectivity index (χ3n) is 6.35. The molecule has 0 aliphatic heterocycles. The lowest BCUT2D eigenvalue weighted by molar-refractivity contribution is -0.139. The van der Waals surface area contributed by atoms with Gasteiger partial charge in [0, 0.05) is 5.57 Å². The van der Waals surface area contributed by atoms with E-state index in [9.17, 15) is 14.4 Å². The first kappa shape index (κ1) is 28.4. The van der Waals surface area contributed by atoms with Crippen LogP contribution in [0, 0.1) is 17.8 Å². The van der Waals surface area contributed by atoms with Crippen LogP contribution in [-0.2, 0) is 19.0 Å².